The van der Waals surface area contributed by atoms with Crippen molar-refractivity contribution < 1.29 is 12.8 Å². The standard InChI is InChI=1S/C21H23ClFN5O2S/c1-4-28(5-2)21-13-20(24-14(3)25-21)26-15-6-8-16(9-7-15)27-31(29,30)17-10-11-19(23)18(22)12-17/h6-13,27H,4-5H2,1-3H3,(H,24,25,26). The molecule has 164 valence electrons. The first-order chi connectivity index (χ1) is 14.7. The Kier molecular flexibility index (Phi) is 6.97. The second-order valence-corrected chi connectivity index (χ2v) is 8.80. The van der Waals surface area contributed by atoms with E-state index >= 15 is 0 Å². The molecule has 0 unspecified atom stereocenters. The van der Waals surface area contributed by atoms with Crippen LogP contribution < -0.4 is 14.9 Å². The van der Waals surface area contributed by atoms with Gasteiger partial charge in [-0.3, -0.25) is 4.72 Å². The molecular weight excluding hydrogens is 441 g/mol. The molecule has 1 aromatic heterocycles. The molecule has 0 radical (unpaired) electrons. The van der Waals surface area contributed by atoms with Gasteiger partial charge in [-0.1, -0.05) is 11.6 Å². The van der Waals surface area contributed by atoms with Crippen molar-refractivity contribution in [1.82, 2.24) is 9.97 Å². The zero-order valence-electron chi connectivity index (χ0n) is 17.4. The first-order valence-corrected chi connectivity index (χ1v) is 11.5. The van der Waals surface area contributed by atoms with Crippen molar-refractivity contribution in [3.05, 3.63) is 65.2 Å². The monoisotopic (exact) mass is 463 g/mol. The number of anilines is 4. The maximum absolute atomic E-state index is 13.3. The zero-order chi connectivity index (χ0) is 22.6. The molecule has 0 aliphatic rings. The highest BCUT2D eigenvalue weighted by molar-refractivity contribution is 7.92. The van der Waals surface area contributed by atoms with Crippen molar-refractivity contribution in [2.24, 2.45) is 0 Å². The number of halogens is 2. The minimum absolute atomic E-state index is 0.124. The molecule has 0 atom stereocenters. The van der Waals surface area contributed by atoms with E-state index in [4.69, 9.17) is 11.6 Å². The number of nitrogens with zero attached hydrogens (tertiary/aromatic N) is 3. The minimum Gasteiger partial charge on any atom is -0.357 e. The van der Waals surface area contributed by atoms with E-state index in [0.29, 0.717) is 17.3 Å². The lowest BCUT2D eigenvalue weighted by Crippen LogP contribution is -2.23. The third-order valence-electron chi connectivity index (χ3n) is 4.52. The molecular formula is C21H23ClFN5O2S. The molecule has 3 aromatic rings. The summed E-state index contributed by atoms with van der Waals surface area (Å²) in [7, 11) is -3.90. The van der Waals surface area contributed by atoms with Crippen molar-refractivity contribution >= 4 is 44.6 Å². The van der Waals surface area contributed by atoms with Crippen molar-refractivity contribution in [3.8, 4) is 0 Å². The van der Waals surface area contributed by atoms with Gasteiger partial charge in [0.25, 0.3) is 10.0 Å². The molecule has 1 heterocycles. The average molecular weight is 464 g/mol. The Morgan fingerprint density at radius 1 is 1.00 bits per heavy atom. The smallest absolute Gasteiger partial charge is 0.261 e. The fourth-order valence-corrected chi connectivity index (χ4v) is 4.28. The quantitative estimate of drug-likeness (QED) is 0.490. The molecule has 0 saturated carbocycles. The second kappa shape index (κ2) is 9.49. The lowest BCUT2D eigenvalue weighted by Gasteiger charge is -2.20. The van der Waals surface area contributed by atoms with Crippen LogP contribution in [0.5, 0.6) is 0 Å². The van der Waals surface area contributed by atoms with Gasteiger partial charge in [-0.25, -0.2) is 22.8 Å². The lowest BCUT2D eigenvalue weighted by atomic mass is 10.3. The van der Waals surface area contributed by atoms with Crippen molar-refractivity contribution in [1.29, 1.82) is 0 Å². The molecule has 0 fully saturated rings. The lowest BCUT2D eigenvalue weighted by molar-refractivity contribution is 0.599. The number of aromatic nitrogens is 2. The van der Waals surface area contributed by atoms with Gasteiger partial charge < -0.3 is 10.2 Å². The van der Waals surface area contributed by atoms with Gasteiger partial charge in [0.05, 0.1) is 9.92 Å². The fourth-order valence-electron chi connectivity index (χ4n) is 2.95. The summed E-state index contributed by atoms with van der Waals surface area (Å²) in [5.41, 5.74) is 1.09. The van der Waals surface area contributed by atoms with Crippen molar-refractivity contribution in [2.75, 3.05) is 28.0 Å². The first kappa shape index (κ1) is 22.8. The number of nitrogens with one attached hydrogen (secondary N) is 2. The molecule has 0 aliphatic heterocycles. The molecule has 0 aliphatic carbocycles. The minimum atomic E-state index is -3.90. The van der Waals surface area contributed by atoms with Gasteiger partial charge in [-0.15, -0.1) is 0 Å². The van der Waals surface area contributed by atoms with Crippen LogP contribution in [0.3, 0.4) is 0 Å². The summed E-state index contributed by atoms with van der Waals surface area (Å²) in [4.78, 5) is 10.9. The van der Waals surface area contributed by atoms with Gasteiger partial charge in [0.1, 0.15) is 23.3 Å². The summed E-state index contributed by atoms with van der Waals surface area (Å²) in [5.74, 6) is 1.44. The summed E-state index contributed by atoms with van der Waals surface area (Å²) in [5, 5.41) is 2.95. The summed E-state index contributed by atoms with van der Waals surface area (Å²) in [6.07, 6.45) is 0. The van der Waals surface area contributed by atoms with Crippen LogP contribution in [0.25, 0.3) is 0 Å². The molecule has 2 N–H and O–H groups in total. The van der Waals surface area contributed by atoms with Crippen LogP contribution in [0.1, 0.15) is 19.7 Å². The van der Waals surface area contributed by atoms with Gasteiger partial charge in [0, 0.05) is 30.5 Å². The van der Waals surface area contributed by atoms with E-state index in [-0.39, 0.29) is 9.92 Å². The molecule has 10 heteroatoms. The Hall–Kier alpha value is -2.91. The largest absolute Gasteiger partial charge is 0.357 e. The number of hydrogen-bond donors (Lipinski definition) is 2. The Morgan fingerprint density at radius 3 is 2.26 bits per heavy atom. The average Bonchev–Trinajstić information content (AvgIpc) is 2.72. The molecule has 3 rings (SSSR count). The summed E-state index contributed by atoms with van der Waals surface area (Å²) in [6, 6.07) is 11.8. The molecule has 0 bridgehead atoms. The zero-order valence-corrected chi connectivity index (χ0v) is 18.9. The molecule has 0 saturated heterocycles. The Balaban J connectivity index is 1.75. The molecule has 31 heavy (non-hydrogen) atoms. The fraction of sp³-hybridized carbons (Fsp3) is 0.238. The van der Waals surface area contributed by atoms with Gasteiger partial charge in [0.15, 0.2) is 0 Å². The van der Waals surface area contributed by atoms with Gasteiger partial charge in [-0.05, 0) is 63.2 Å². The maximum Gasteiger partial charge on any atom is 0.261 e. The first-order valence-electron chi connectivity index (χ1n) is 9.67. The Labute approximate surface area is 186 Å². The van der Waals surface area contributed by atoms with Crippen molar-refractivity contribution in [2.45, 2.75) is 25.7 Å². The van der Waals surface area contributed by atoms with Gasteiger partial charge in [0.2, 0.25) is 0 Å². The number of rotatable bonds is 8. The van der Waals surface area contributed by atoms with Crippen LogP contribution in [0, 0.1) is 12.7 Å². The van der Waals surface area contributed by atoms with Crippen LogP contribution in [-0.2, 0) is 10.0 Å². The summed E-state index contributed by atoms with van der Waals surface area (Å²) in [6.45, 7) is 7.63. The summed E-state index contributed by atoms with van der Waals surface area (Å²) >= 11 is 5.69. The van der Waals surface area contributed by atoms with E-state index in [1.54, 1.807) is 24.3 Å². The molecule has 0 amide bonds. The Morgan fingerprint density at radius 2 is 1.65 bits per heavy atom. The number of hydrogen-bond acceptors (Lipinski definition) is 6. The number of aryl methyl sites for hydroxylation is 1. The van der Waals surface area contributed by atoms with Gasteiger partial charge >= 0.3 is 0 Å². The highest BCUT2D eigenvalue weighted by atomic mass is 35.5. The molecule has 0 spiro atoms. The van der Waals surface area contributed by atoms with E-state index in [0.717, 1.165) is 42.8 Å². The summed E-state index contributed by atoms with van der Waals surface area (Å²) < 4.78 is 40.8. The van der Waals surface area contributed by atoms with Crippen LogP contribution in [0.15, 0.2) is 53.4 Å². The van der Waals surface area contributed by atoms with Gasteiger partial charge in [-0.2, -0.15) is 0 Å². The highest BCUT2D eigenvalue weighted by Crippen LogP contribution is 2.24. The number of benzene rings is 2. The molecule has 2 aromatic carbocycles. The van der Waals surface area contributed by atoms with Crippen molar-refractivity contribution in [3.63, 3.8) is 0 Å². The van der Waals surface area contributed by atoms with E-state index in [1.807, 2.05) is 13.0 Å². The van der Waals surface area contributed by atoms with E-state index in [9.17, 15) is 12.8 Å². The maximum atomic E-state index is 13.3. The highest BCUT2D eigenvalue weighted by Gasteiger charge is 2.16. The predicted molar refractivity (Wildman–Crippen MR) is 122 cm³/mol. The van der Waals surface area contributed by atoms with E-state index < -0.39 is 15.8 Å². The normalized spacial score (nSPS) is 11.3. The SMILES string of the molecule is CCN(CC)c1cc(Nc2ccc(NS(=O)(=O)c3ccc(F)c(Cl)c3)cc2)nc(C)n1. The predicted octanol–water partition coefficient (Wildman–Crippen LogP) is 4.97. The van der Waals surface area contributed by atoms with E-state index in [2.05, 4.69) is 38.8 Å². The number of sulfonamides is 1. The Bertz CT molecular complexity index is 1170. The van der Waals surface area contributed by atoms with Crippen LogP contribution in [0.2, 0.25) is 5.02 Å². The van der Waals surface area contributed by atoms with Crippen LogP contribution in [0.4, 0.5) is 27.4 Å². The van der Waals surface area contributed by atoms with E-state index in [1.165, 1.54) is 0 Å². The van der Waals surface area contributed by atoms with Crippen LogP contribution >= 0.6 is 11.6 Å². The third-order valence-corrected chi connectivity index (χ3v) is 6.19. The molecule has 7 nitrogen and oxygen atoms in total. The topological polar surface area (TPSA) is 87.2 Å². The third kappa shape index (κ3) is 5.62. The second-order valence-electron chi connectivity index (χ2n) is 6.71. The van der Waals surface area contributed by atoms with Crippen LogP contribution in [-0.4, -0.2) is 31.5 Å².